The predicted octanol–water partition coefficient (Wildman–Crippen LogP) is -0.178. The number of amides is 1. The first-order chi connectivity index (χ1) is 13.4. The Labute approximate surface area is 165 Å². The van der Waals surface area contributed by atoms with E-state index in [-0.39, 0.29) is 31.3 Å². The molecule has 2 aliphatic carbocycles. The van der Waals surface area contributed by atoms with Crippen LogP contribution in [0.25, 0.3) is 0 Å². The summed E-state index contributed by atoms with van der Waals surface area (Å²) in [6.45, 7) is -0.851. The van der Waals surface area contributed by atoms with Crippen molar-refractivity contribution < 1.29 is 41.0 Å². The molecule has 1 saturated heterocycles. The molecule has 0 radical (unpaired) electrons. The van der Waals surface area contributed by atoms with E-state index in [0.717, 1.165) is 0 Å². The van der Waals surface area contributed by atoms with Gasteiger partial charge >= 0.3 is 16.4 Å². The molecule has 13 heteroatoms. The van der Waals surface area contributed by atoms with E-state index in [1.54, 1.807) is 4.72 Å². The van der Waals surface area contributed by atoms with Crippen molar-refractivity contribution in [2.45, 2.75) is 68.7 Å². The number of alkyl halides is 4. The van der Waals surface area contributed by atoms with Gasteiger partial charge in [-0.15, -0.1) is 0 Å². The second-order valence-corrected chi connectivity index (χ2v) is 9.75. The molecule has 0 spiro atoms. The third kappa shape index (κ3) is 5.19. The van der Waals surface area contributed by atoms with Crippen molar-refractivity contribution in [1.82, 2.24) is 14.3 Å². The maximum absolute atomic E-state index is 15.3. The Morgan fingerprint density at radius 2 is 1.97 bits per heavy atom. The third-order valence-electron chi connectivity index (χ3n) is 6.01. The molecule has 0 aromatic carbocycles. The minimum absolute atomic E-state index is 0.180. The second kappa shape index (κ2) is 8.25. The van der Waals surface area contributed by atoms with Gasteiger partial charge in [0.15, 0.2) is 0 Å². The monoisotopic (exact) mass is 447 g/mol. The van der Waals surface area contributed by atoms with Crippen molar-refractivity contribution in [2.75, 3.05) is 13.1 Å². The first-order valence-electron chi connectivity index (χ1n) is 9.50. The molecule has 4 N–H and O–H groups in total. The SMILES string of the molecule is O=C1CN(C2C(O)CC3CCC(NCC(O)CC(F)(F)F)CC3C2F)S(=O)(=O)N1. The van der Waals surface area contributed by atoms with Gasteiger partial charge in [0.25, 0.3) is 0 Å². The Bertz CT molecular complexity index is 722. The van der Waals surface area contributed by atoms with Gasteiger partial charge in [-0.2, -0.15) is 25.9 Å². The summed E-state index contributed by atoms with van der Waals surface area (Å²) in [5.41, 5.74) is 0. The Morgan fingerprint density at radius 1 is 1.28 bits per heavy atom. The van der Waals surface area contributed by atoms with Gasteiger partial charge < -0.3 is 15.5 Å². The molecule has 29 heavy (non-hydrogen) atoms. The number of halogens is 4. The summed E-state index contributed by atoms with van der Waals surface area (Å²) in [6.07, 6.45) is -8.93. The molecular formula is C16H25F4N3O5S. The molecule has 1 heterocycles. The van der Waals surface area contributed by atoms with E-state index in [4.69, 9.17) is 0 Å². The second-order valence-electron chi connectivity index (χ2n) is 8.13. The number of hydrogen-bond acceptors (Lipinski definition) is 6. The van der Waals surface area contributed by atoms with E-state index in [0.29, 0.717) is 17.1 Å². The molecule has 7 atom stereocenters. The zero-order valence-corrected chi connectivity index (χ0v) is 16.3. The minimum Gasteiger partial charge on any atom is -0.391 e. The van der Waals surface area contributed by atoms with Crippen molar-refractivity contribution in [1.29, 1.82) is 0 Å². The highest BCUT2D eigenvalue weighted by Crippen LogP contribution is 2.44. The lowest BCUT2D eigenvalue weighted by Crippen LogP contribution is -2.59. The quantitative estimate of drug-likeness (QED) is 0.435. The van der Waals surface area contributed by atoms with Crippen molar-refractivity contribution >= 4 is 16.1 Å². The maximum atomic E-state index is 15.3. The minimum atomic E-state index is -4.48. The number of nitrogens with zero attached hydrogens (tertiary/aromatic N) is 1. The fraction of sp³-hybridized carbons (Fsp3) is 0.938. The Kier molecular flexibility index (Phi) is 6.45. The highest BCUT2D eigenvalue weighted by atomic mass is 32.2. The van der Waals surface area contributed by atoms with Crippen LogP contribution in [0.1, 0.15) is 32.1 Å². The Morgan fingerprint density at radius 3 is 2.55 bits per heavy atom. The van der Waals surface area contributed by atoms with E-state index in [1.807, 2.05) is 0 Å². The highest BCUT2D eigenvalue weighted by molar-refractivity contribution is 7.88. The van der Waals surface area contributed by atoms with Crippen LogP contribution in [0.4, 0.5) is 17.6 Å². The van der Waals surface area contributed by atoms with Crippen LogP contribution in [0.3, 0.4) is 0 Å². The van der Waals surface area contributed by atoms with Gasteiger partial charge in [0.05, 0.1) is 31.2 Å². The maximum Gasteiger partial charge on any atom is 0.391 e. The van der Waals surface area contributed by atoms with Gasteiger partial charge in [-0.05, 0) is 37.5 Å². The summed E-state index contributed by atoms with van der Waals surface area (Å²) in [4.78, 5) is 11.5. The standard InChI is InChI=1S/C16H25F4N3O5S/c17-14-11-4-9(21-6-10(24)5-16(18,19)20)2-1-8(11)3-12(25)15(14)23-7-13(26)22-29(23,27)28/h8-12,14-15,21,24-25H,1-7H2,(H,22,26). The van der Waals surface area contributed by atoms with E-state index in [2.05, 4.69) is 5.32 Å². The van der Waals surface area contributed by atoms with Crippen molar-refractivity contribution in [3.63, 3.8) is 0 Å². The summed E-state index contributed by atoms with van der Waals surface area (Å²) in [5, 5.41) is 22.7. The molecule has 1 aliphatic heterocycles. The first kappa shape index (κ1) is 22.7. The molecule has 3 aliphatic rings. The van der Waals surface area contributed by atoms with E-state index in [1.165, 1.54) is 0 Å². The number of aliphatic hydroxyl groups is 2. The highest BCUT2D eigenvalue weighted by Gasteiger charge is 2.53. The number of carbonyl (C=O) groups is 1. The lowest BCUT2D eigenvalue weighted by molar-refractivity contribution is -0.153. The normalized spacial score (nSPS) is 39.0. The van der Waals surface area contributed by atoms with Crippen LogP contribution in [0.2, 0.25) is 0 Å². The van der Waals surface area contributed by atoms with Crippen LogP contribution in [0.15, 0.2) is 0 Å². The molecule has 8 nitrogen and oxygen atoms in total. The fourth-order valence-corrected chi connectivity index (χ4v) is 6.11. The number of aliphatic hydroxyl groups excluding tert-OH is 2. The van der Waals surface area contributed by atoms with Crippen molar-refractivity contribution in [3.8, 4) is 0 Å². The van der Waals surface area contributed by atoms with Gasteiger partial charge in [0, 0.05) is 12.6 Å². The van der Waals surface area contributed by atoms with E-state index < -0.39 is 65.6 Å². The fourth-order valence-electron chi connectivity index (χ4n) is 4.77. The lowest BCUT2D eigenvalue weighted by Gasteiger charge is -2.48. The third-order valence-corrected chi connectivity index (χ3v) is 7.49. The number of fused-ring (bicyclic) bond motifs is 1. The molecule has 168 valence electrons. The molecule has 3 rings (SSSR count). The average Bonchev–Trinajstić information content (AvgIpc) is 2.84. The largest absolute Gasteiger partial charge is 0.391 e. The molecule has 7 unspecified atom stereocenters. The average molecular weight is 447 g/mol. The number of hydrogen-bond donors (Lipinski definition) is 4. The van der Waals surface area contributed by atoms with Gasteiger partial charge in [0.2, 0.25) is 5.91 Å². The molecular weight excluding hydrogens is 422 g/mol. The zero-order valence-electron chi connectivity index (χ0n) is 15.5. The first-order valence-corrected chi connectivity index (χ1v) is 10.9. The molecule has 0 bridgehead atoms. The topological polar surface area (TPSA) is 119 Å². The number of rotatable bonds is 5. The summed E-state index contributed by atoms with van der Waals surface area (Å²) >= 11 is 0. The molecule has 3 fully saturated rings. The van der Waals surface area contributed by atoms with Crippen LogP contribution in [-0.2, 0) is 15.0 Å². The Balaban J connectivity index is 1.63. The van der Waals surface area contributed by atoms with Crippen LogP contribution in [0.5, 0.6) is 0 Å². The van der Waals surface area contributed by atoms with Gasteiger partial charge in [-0.3, -0.25) is 4.79 Å². The summed E-state index contributed by atoms with van der Waals surface area (Å²) in [7, 11) is -4.21. The number of carbonyl (C=O) groups excluding carboxylic acids is 1. The molecule has 2 saturated carbocycles. The van der Waals surface area contributed by atoms with Gasteiger partial charge in [-0.1, -0.05) is 0 Å². The summed E-state index contributed by atoms with van der Waals surface area (Å²) in [5.74, 6) is -1.60. The number of nitrogens with one attached hydrogen (secondary N) is 2. The van der Waals surface area contributed by atoms with Crippen LogP contribution < -0.4 is 10.0 Å². The van der Waals surface area contributed by atoms with Crippen molar-refractivity contribution in [2.24, 2.45) is 11.8 Å². The molecule has 0 aromatic rings. The van der Waals surface area contributed by atoms with E-state index >= 15 is 4.39 Å². The van der Waals surface area contributed by atoms with E-state index in [9.17, 15) is 36.6 Å². The molecule has 0 aromatic heterocycles. The van der Waals surface area contributed by atoms with Crippen LogP contribution in [0, 0.1) is 11.8 Å². The van der Waals surface area contributed by atoms with Gasteiger partial charge in [-0.25, -0.2) is 9.11 Å². The predicted molar refractivity (Wildman–Crippen MR) is 92.4 cm³/mol. The smallest absolute Gasteiger partial charge is 0.391 e. The van der Waals surface area contributed by atoms with Crippen LogP contribution in [-0.4, -0.2) is 78.6 Å². The molecule has 1 amide bonds. The van der Waals surface area contributed by atoms with Crippen LogP contribution >= 0.6 is 0 Å². The van der Waals surface area contributed by atoms with Crippen molar-refractivity contribution in [3.05, 3.63) is 0 Å². The summed E-state index contributed by atoms with van der Waals surface area (Å²) < 4.78 is 78.8. The zero-order chi connectivity index (χ0) is 21.6. The lowest BCUT2D eigenvalue weighted by atomic mass is 9.66. The summed E-state index contributed by atoms with van der Waals surface area (Å²) in [6, 6.07) is -1.72. The van der Waals surface area contributed by atoms with Gasteiger partial charge in [0.1, 0.15) is 6.17 Å². The Hall–Kier alpha value is -1.02.